The Morgan fingerprint density at radius 2 is 2.04 bits per heavy atom. The first-order chi connectivity index (χ1) is 11.1. The molecule has 0 amide bonds. The lowest BCUT2D eigenvalue weighted by Gasteiger charge is -2.22. The number of likely N-dealkylation sites (tertiary alicyclic amines) is 1. The maximum atomic E-state index is 12.6. The van der Waals surface area contributed by atoms with Gasteiger partial charge in [-0.05, 0) is 44.1 Å². The van der Waals surface area contributed by atoms with Crippen LogP contribution in [0.1, 0.15) is 55.8 Å². The minimum Gasteiger partial charge on any atom is -0.329 e. The van der Waals surface area contributed by atoms with E-state index in [0.717, 1.165) is 35.4 Å². The standard InChI is InChI=1S/C18H27N3OS/c1-4-12(2)10-14-13(3)23-18-16(14)17(22)19-15(20-18)11-21-8-6-5-7-9-21/h12H,4-11H2,1-3H3,(H,19,20,22)/p+1/t12-/m0/s1. The lowest BCUT2D eigenvalue weighted by molar-refractivity contribution is -0.919. The number of aryl methyl sites for hydroxylation is 1. The predicted octanol–water partition coefficient (Wildman–Crippen LogP) is 2.45. The third-order valence-electron chi connectivity index (χ3n) is 5.14. The van der Waals surface area contributed by atoms with E-state index in [1.807, 2.05) is 0 Å². The summed E-state index contributed by atoms with van der Waals surface area (Å²) in [6.07, 6.45) is 6.04. The number of quaternary nitrogens is 1. The van der Waals surface area contributed by atoms with Gasteiger partial charge in [-0.3, -0.25) is 4.79 Å². The fourth-order valence-corrected chi connectivity index (χ4v) is 4.58. The second kappa shape index (κ2) is 7.14. The molecular weight excluding hydrogens is 306 g/mol. The van der Waals surface area contributed by atoms with Crippen LogP contribution in [-0.2, 0) is 13.0 Å². The molecule has 0 aromatic carbocycles. The zero-order chi connectivity index (χ0) is 16.4. The maximum absolute atomic E-state index is 12.6. The lowest BCUT2D eigenvalue weighted by Crippen LogP contribution is -3.11. The first-order valence-electron chi connectivity index (χ1n) is 8.93. The van der Waals surface area contributed by atoms with Gasteiger partial charge in [-0.15, -0.1) is 11.3 Å². The van der Waals surface area contributed by atoms with Crippen molar-refractivity contribution in [3.05, 3.63) is 26.6 Å². The summed E-state index contributed by atoms with van der Waals surface area (Å²) in [5.74, 6) is 1.46. The van der Waals surface area contributed by atoms with Crippen molar-refractivity contribution < 1.29 is 4.90 Å². The molecule has 3 rings (SSSR count). The molecule has 1 fully saturated rings. The van der Waals surface area contributed by atoms with Gasteiger partial charge < -0.3 is 9.88 Å². The van der Waals surface area contributed by atoms with Gasteiger partial charge in [-0.25, -0.2) is 4.98 Å². The van der Waals surface area contributed by atoms with E-state index in [-0.39, 0.29) is 5.56 Å². The largest absolute Gasteiger partial charge is 0.329 e. The summed E-state index contributed by atoms with van der Waals surface area (Å²) in [7, 11) is 0. The molecule has 0 saturated carbocycles. The quantitative estimate of drug-likeness (QED) is 0.882. The SMILES string of the molecule is CC[C@H](C)Cc1c(C)sc2nc(C[NH+]3CCCCC3)[nH]c(=O)c12. The van der Waals surface area contributed by atoms with Crippen molar-refractivity contribution in [1.29, 1.82) is 0 Å². The third-order valence-corrected chi connectivity index (χ3v) is 6.18. The minimum atomic E-state index is 0.0593. The maximum Gasteiger partial charge on any atom is 0.260 e. The molecule has 0 bridgehead atoms. The van der Waals surface area contributed by atoms with Crippen LogP contribution in [0, 0.1) is 12.8 Å². The lowest BCUT2D eigenvalue weighted by atomic mass is 9.98. The monoisotopic (exact) mass is 334 g/mol. The molecule has 2 aromatic heterocycles. The second-order valence-electron chi connectivity index (χ2n) is 7.03. The Kier molecular flexibility index (Phi) is 5.17. The van der Waals surface area contributed by atoms with E-state index >= 15 is 0 Å². The molecule has 4 nitrogen and oxygen atoms in total. The highest BCUT2D eigenvalue weighted by Gasteiger charge is 2.19. The second-order valence-corrected chi connectivity index (χ2v) is 8.24. The van der Waals surface area contributed by atoms with E-state index in [2.05, 4.69) is 25.8 Å². The van der Waals surface area contributed by atoms with Crippen LogP contribution in [-0.4, -0.2) is 23.1 Å². The molecule has 0 radical (unpaired) electrons. The van der Waals surface area contributed by atoms with Gasteiger partial charge in [0.2, 0.25) is 0 Å². The van der Waals surface area contributed by atoms with E-state index in [9.17, 15) is 4.79 Å². The van der Waals surface area contributed by atoms with E-state index in [1.54, 1.807) is 16.2 Å². The van der Waals surface area contributed by atoms with Crippen LogP contribution in [0.25, 0.3) is 10.2 Å². The summed E-state index contributed by atoms with van der Waals surface area (Å²) in [5, 5.41) is 0.838. The van der Waals surface area contributed by atoms with Gasteiger partial charge in [0, 0.05) is 4.88 Å². The van der Waals surface area contributed by atoms with Gasteiger partial charge in [0.05, 0.1) is 18.5 Å². The number of piperidine rings is 1. The normalized spacial score (nSPS) is 17.7. The molecule has 2 aromatic rings. The number of H-pyrrole nitrogens is 1. The number of hydrogen-bond donors (Lipinski definition) is 2. The van der Waals surface area contributed by atoms with Crippen molar-refractivity contribution in [2.75, 3.05) is 13.1 Å². The van der Waals surface area contributed by atoms with Gasteiger partial charge in [-0.1, -0.05) is 20.3 Å². The fourth-order valence-electron chi connectivity index (χ4n) is 3.51. The van der Waals surface area contributed by atoms with Crippen LogP contribution in [0.15, 0.2) is 4.79 Å². The molecule has 3 heterocycles. The summed E-state index contributed by atoms with van der Waals surface area (Å²) >= 11 is 1.68. The van der Waals surface area contributed by atoms with E-state index < -0.39 is 0 Å². The van der Waals surface area contributed by atoms with Crippen molar-refractivity contribution >= 4 is 21.6 Å². The molecule has 1 aliphatic rings. The highest BCUT2D eigenvalue weighted by Crippen LogP contribution is 2.29. The average molecular weight is 335 g/mol. The van der Waals surface area contributed by atoms with Gasteiger partial charge >= 0.3 is 0 Å². The Morgan fingerprint density at radius 3 is 2.74 bits per heavy atom. The van der Waals surface area contributed by atoms with E-state index in [0.29, 0.717) is 5.92 Å². The molecule has 1 aliphatic heterocycles. The van der Waals surface area contributed by atoms with Crippen LogP contribution >= 0.6 is 11.3 Å². The minimum absolute atomic E-state index is 0.0593. The van der Waals surface area contributed by atoms with Crippen molar-refractivity contribution in [2.45, 2.75) is 59.4 Å². The van der Waals surface area contributed by atoms with E-state index in [4.69, 9.17) is 4.98 Å². The van der Waals surface area contributed by atoms with Gasteiger partial charge in [0.25, 0.3) is 5.56 Å². The topological polar surface area (TPSA) is 50.2 Å². The van der Waals surface area contributed by atoms with Crippen LogP contribution in [0.5, 0.6) is 0 Å². The highest BCUT2D eigenvalue weighted by molar-refractivity contribution is 7.18. The van der Waals surface area contributed by atoms with Gasteiger partial charge in [-0.2, -0.15) is 0 Å². The molecule has 0 unspecified atom stereocenters. The third kappa shape index (κ3) is 3.66. The predicted molar refractivity (Wildman–Crippen MR) is 96.4 cm³/mol. The van der Waals surface area contributed by atoms with Crippen molar-refractivity contribution in [1.82, 2.24) is 9.97 Å². The number of aromatic nitrogens is 2. The van der Waals surface area contributed by atoms with Crippen LogP contribution in [0.4, 0.5) is 0 Å². The summed E-state index contributed by atoms with van der Waals surface area (Å²) in [5.41, 5.74) is 1.27. The summed E-state index contributed by atoms with van der Waals surface area (Å²) in [4.78, 5) is 24.2. The van der Waals surface area contributed by atoms with Crippen LogP contribution < -0.4 is 10.5 Å². The highest BCUT2D eigenvalue weighted by atomic mass is 32.1. The molecule has 5 heteroatoms. The number of thiophene rings is 1. The number of rotatable bonds is 5. The van der Waals surface area contributed by atoms with Crippen LogP contribution in [0.2, 0.25) is 0 Å². The number of hydrogen-bond acceptors (Lipinski definition) is 3. The number of aromatic amines is 1. The Morgan fingerprint density at radius 1 is 1.30 bits per heavy atom. The summed E-state index contributed by atoms with van der Waals surface area (Å²) < 4.78 is 0. The Balaban J connectivity index is 1.91. The Labute approximate surface area is 141 Å². The Hall–Kier alpha value is -1.20. The molecule has 23 heavy (non-hydrogen) atoms. The van der Waals surface area contributed by atoms with Gasteiger partial charge in [0.1, 0.15) is 11.4 Å². The molecule has 1 saturated heterocycles. The Bertz CT molecular complexity index is 728. The molecule has 2 N–H and O–H groups in total. The first kappa shape index (κ1) is 16.7. The smallest absolute Gasteiger partial charge is 0.260 e. The number of nitrogens with one attached hydrogen (secondary N) is 2. The molecule has 1 atom stereocenters. The zero-order valence-corrected chi connectivity index (χ0v) is 15.3. The molecule has 0 aliphatic carbocycles. The number of nitrogens with zero attached hydrogens (tertiary/aromatic N) is 1. The fraction of sp³-hybridized carbons (Fsp3) is 0.667. The average Bonchev–Trinajstić information content (AvgIpc) is 2.84. The van der Waals surface area contributed by atoms with E-state index in [1.165, 1.54) is 42.8 Å². The zero-order valence-electron chi connectivity index (χ0n) is 14.5. The van der Waals surface area contributed by atoms with Crippen LogP contribution in [0.3, 0.4) is 0 Å². The number of fused-ring (bicyclic) bond motifs is 1. The molecule has 0 spiro atoms. The molecular formula is C18H28N3OS+. The molecule has 126 valence electrons. The summed E-state index contributed by atoms with van der Waals surface area (Å²) in [6, 6.07) is 0. The first-order valence-corrected chi connectivity index (χ1v) is 9.74. The van der Waals surface area contributed by atoms with Crippen molar-refractivity contribution in [3.63, 3.8) is 0 Å². The van der Waals surface area contributed by atoms with Crippen molar-refractivity contribution in [3.8, 4) is 0 Å². The van der Waals surface area contributed by atoms with Gasteiger partial charge in [0.15, 0.2) is 5.82 Å². The summed E-state index contributed by atoms with van der Waals surface area (Å²) in [6.45, 7) is 9.83. The van der Waals surface area contributed by atoms with Crippen molar-refractivity contribution in [2.24, 2.45) is 5.92 Å².